The number of rotatable bonds is 5. The third-order valence-electron chi connectivity index (χ3n) is 1.51. The van der Waals surface area contributed by atoms with Crippen LogP contribution in [-0.2, 0) is 14.3 Å². The molecule has 0 aromatic rings. The minimum Gasteiger partial charge on any atom is -0.392 e. The Bertz CT molecular complexity index is 266. The molecule has 0 aromatic heterocycles. The van der Waals surface area contributed by atoms with Crippen molar-refractivity contribution in [3.63, 3.8) is 0 Å². The first kappa shape index (κ1) is 17.1. The van der Waals surface area contributed by atoms with Crippen LogP contribution in [0.2, 0.25) is 0 Å². The molecule has 6 N–H and O–H groups in total. The van der Waals surface area contributed by atoms with E-state index >= 15 is 0 Å². The molecule has 0 aliphatic carbocycles. The van der Waals surface area contributed by atoms with Crippen LogP contribution in [0.4, 0.5) is 0 Å². The first-order chi connectivity index (χ1) is 6.93. The van der Waals surface area contributed by atoms with Gasteiger partial charge in [0.25, 0.3) is 0 Å². The topological polar surface area (TPSA) is 134 Å². The maximum atomic E-state index is 11.0. The minimum atomic E-state index is -0.817. The molecule has 94 valence electrons. The van der Waals surface area contributed by atoms with Crippen LogP contribution in [0.25, 0.3) is 0 Å². The van der Waals surface area contributed by atoms with Crippen LogP contribution < -0.4 is 17.2 Å². The predicted octanol–water partition coefficient (Wildman–Crippen LogP) is -1.12. The minimum absolute atomic E-state index is 0. The van der Waals surface area contributed by atoms with E-state index in [9.17, 15) is 9.59 Å². The van der Waals surface area contributed by atoms with Crippen molar-refractivity contribution < 1.29 is 14.3 Å². The molecule has 0 aliphatic heterocycles. The molecule has 0 aliphatic rings. The first-order valence-electron chi connectivity index (χ1n) is 4.46. The maximum Gasteiger partial charge on any atom is 0.330 e. The molecular weight excluding hydrogens is 236 g/mol. The average molecular weight is 253 g/mol. The third kappa shape index (κ3) is 9.22. The highest BCUT2D eigenvalue weighted by Crippen LogP contribution is 1.97. The highest BCUT2D eigenvalue weighted by Gasteiger charge is 2.15. The van der Waals surface area contributed by atoms with Crippen molar-refractivity contribution in [1.82, 2.24) is 0 Å². The molecule has 0 unspecified atom stereocenters. The number of aliphatic imine (C=N–C) groups is 1. The van der Waals surface area contributed by atoms with Gasteiger partial charge in [0.1, 0.15) is 6.04 Å². The van der Waals surface area contributed by atoms with Gasteiger partial charge in [-0.2, -0.15) is 0 Å². The Morgan fingerprint density at radius 3 is 2.38 bits per heavy atom. The Morgan fingerprint density at radius 2 is 1.94 bits per heavy atom. The fourth-order valence-electron chi connectivity index (χ4n) is 0.855. The molecule has 0 rings (SSSR count). The Hall–Kier alpha value is -1.34. The predicted molar refractivity (Wildman–Crippen MR) is 61.9 cm³/mol. The highest BCUT2D eigenvalue weighted by atomic mass is 35.5. The van der Waals surface area contributed by atoms with Gasteiger partial charge in [0.2, 0.25) is 0 Å². The van der Waals surface area contributed by atoms with Crippen LogP contribution in [0.3, 0.4) is 0 Å². The number of nitrogens with zero attached hydrogens (tertiary/aromatic N) is 1. The van der Waals surface area contributed by atoms with E-state index in [1.807, 2.05) is 0 Å². The van der Waals surface area contributed by atoms with Crippen LogP contribution >= 0.6 is 12.4 Å². The van der Waals surface area contributed by atoms with E-state index in [0.717, 1.165) is 6.92 Å². The number of guanidine groups is 1. The molecule has 0 spiro atoms. The number of carbonyl (C=O) groups excluding carboxylic acids is 2. The summed E-state index contributed by atoms with van der Waals surface area (Å²) < 4.78 is 4.30. The number of nitrogens with two attached hydrogens (primary N) is 3. The van der Waals surface area contributed by atoms with Crippen LogP contribution in [0.5, 0.6) is 0 Å². The number of hydrogen-bond acceptors (Lipinski definition) is 5. The van der Waals surface area contributed by atoms with Crippen molar-refractivity contribution in [1.29, 1.82) is 0 Å². The number of carbonyl (C=O) groups is 2. The zero-order chi connectivity index (χ0) is 11.8. The fraction of sp³-hybridized carbons (Fsp3) is 0.625. The molecule has 0 aromatic carbocycles. The fourth-order valence-corrected chi connectivity index (χ4v) is 0.855. The summed E-state index contributed by atoms with van der Waals surface area (Å²) in [7, 11) is 0. The molecule has 0 radical (unpaired) electrons. The highest BCUT2D eigenvalue weighted by molar-refractivity contribution is 5.87. The van der Waals surface area contributed by atoms with E-state index in [-0.39, 0.29) is 18.4 Å². The van der Waals surface area contributed by atoms with Crippen molar-refractivity contribution in [3.8, 4) is 0 Å². The molecule has 0 fully saturated rings. The van der Waals surface area contributed by atoms with Gasteiger partial charge in [-0.1, -0.05) is 0 Å². The second-order valence-electron chi connectivity index (χ2n) is 2.97. The van der Waals surface area contributed by atoms with Gasteiger partial charge in [0.15, 0.2) is 5.96 Å². The Balaban J connectivity index is 0. The zero-order valence-electron chi connectivity index (χ0n) is 9.01. The molecule has 8 heteroatoms. The van der Waals surface area contributed by atoms with Gasteiger partial charge in [-0.05, 0) is 12.8 Å². The van der Waals surface area contributed by atoms with E-state index < -0.39 is 18.0 Å². The number of esters is 2. The molecule has 1 atom stereocenters. The van der Waals surface area contributed by atoms with Crippen LogP contribution in [0.15, 0.2) is 4.99 Å². The smallest absolute Gasteiger partial charge is 0.330 e. The quantitative estimate of drug-likeness (QED) is 0.187. The summed E-state index contributed by atoms with van der Waals surface area (Å²) in [6.07, 6.45) is 0.912. The maximum absolute atomic E-state index is 11.0. The van der Waals surface area contributed by atoms with Gasteiger partial charge in [-0.3, -0.25) is 9.79 Å². The van der Waals surface area contributed by atoms with Gasteiger partial charge >= 0.3 is 11.9 Å². The van der Waals surface area contributed by atoms with Gasteiger partial charge in [-0.15, -0.1) is 12.4 Å². The molecule has 0 amide bonds. The zero-order valence-corrected chi connectivity index (χ0v) is 9.83. The molecule has 0 bridgehead atoms. The molecular formula is C8H17ClN4O3. The van der Waals surface area contributed by atoms with E-state index in [2.05, 4.69) is 9.73 Å². The number of halogens is 1. The normalized spacial score (nSPS) is 10.9. The molecule has 0 heterocycles. The lowest BCUT2D eigenvalue weighted by molar-refractivity contribution is -0.159. The van der Waals surface area contributed by atoms with Crippen LogP contribution in [-0.4, -0.2) is 30.5 Å². The van der Waals surface area contributed by atoms with Crippen molar-refractivity contribution in [2.75, 3.05) is 6.54 Å². The lowest BCUT2D eigenvalue weighted by Gasteiger charge is -2.07. The molecule has 0 saturated carbocycles. The van der Waals surface area contributed by atoms with Gasteiger partial charge in [0, 0.05) is 13.5 Å². The summed E-state index contributed by atoms with van der Waals surface area (Å²) >= 11 is 0. The second-order valence-corrected chi connectivity index (χ2v) is 2.97. The van der Waals surface area contributed by atoms with Gasteiger partial charge in [-0.25, -0.2) is 4.79 Å². The van der Waals surface area contributed by atoms with E-state index in [4.69, 9.17) is 17.2 Å². The lowest BCUT2D eigenvalue weighted by Crippen LogP contribution is -2.33. The summed E-state index contributed by atoms with van der Waals surface area (Å²) in [4.78, 5) is 25.2. The summed E-state index contributed by atoms with van der Waals surface area (Å²) in [6.45, 7) is 1.54. The van der Waals surface area contributed by atoms with E-state index in [1.54, 1.807) is 0 Å². The standard InChI is InChI=1S/C8H16N4O3.ClH/c1-5(13)15-7(14)6(9)3-2-4-12-8(10)11;/h6H,2-4,9H2,1H3,(H4,10,11,12);1H/t6-;/m0./s1. The SMILES string of the molecule is CC(=O)OC(=O)[C@@H](N)CCCN=C(N)N.Cl. The van der Waals surface area contributed by atoms with E-state index in [0.29, 0.717) is 19.4 Å². The Labute approximate surface area is 99.8 Å². The van der Waals surface area contributed by atoms with Gasteiger partial charge < -0.3 is 21.9 Å². The summed E-state index contributed by atoms with van der Waals surface area (Å²) in [5, 5.41) is 0. The summed E-state index contributed by atoms with van der Waals surface area (Å²) in [6, 6.07) is -0.817. The first-order valence-corrected chi connectivity index (χ1v) is 4.46. The third-order valence-corrected chi connectivity index (χ3v) is 1.51. The summed E-state index contributed by atoms with van der Waals surface area (Å²) in [5.41, 5.74) is 15.6. The van der Waals surface area contributed by atoms with Crippen LogP contribution in [0.1, 0.15) is 19.8 Å². The molecule has 7 nitrogen and oxygen atoms in total. The van der Waals surface area contributed by atoms with Crippen molar-refractivity contribution in [2.24, 2.45) is 22.2 Å². The summed E-state index contributed by atoms with van der Waals surface area (Å²) in [5.74, 6) is -1.40. The van der Waals surface area contributed by atoms with Gasteiger partial charge in [0.05, 0.1) is 0 Å². The largest absolute Gasteiger partial charge is 0.392 e. The Morgan fingerprint density at radius 1 is 1.38 bits per heavy atom. The van der Waals surface area contributed by atoms with Crippen molar-refractivity contribution in [2.45, 2.75) is 25.8 Å². The number of ether oxygens (including phenoxy) is 1. The van der Waals surface area contributed by atoms with Crippen molar-refractivity contribution >= 4 is 30.3 Å². The molecule has 0 saturated heterocycles. The molecule has 16 heavy (non-hydrogen) atoms. The Kier molecular flexibility index (Phi) is 9.52. The second kappa shape index (κ2) is 8.93. The van der Waals surface area contributed by atoms with E-state index in [1.165, 1.54) is 0 Å². The van der Waals surface area contributed by atoms with Crippen molar-refractivity contribution in [3.05, 3.63) is 0 Å². The lowest BCUT2D eigenvalue weighted by atomic mass is 10.2. The number of hydrogen-bond donors (Lipinski definition) is 3. The average Bonchev–Trinajstić information content (AvgIpc) is 2.10. The monoisotopic (exact) mass is 252 g/mol. The van der Waals surface area contributed by atoms with Crippen LogP contribution in [0, 0.1) is 0 Å².